The summed E-state index contributed by atoms with van der Waals surface area (Å²) in [4.78, 5) is 7.47. The van der Waals surface area contributed by atoms with E-state index in [2.05, 4.69) is 17.0 Å². The summed E-state index contributed by atoms with van der Waals surface area (Å²) in [5.41, 5.74) is 3.51. The zero-order valence-corrected chi connectivity index (χ0v) is 16.6. The van der Waals surface area contributed by atoms with Crippen molar-refractivity contribution < 1.29 is 8.42 Å². The smallest absolute Gasteiger partial charge is 0.213 e. The second-order valence-corrected chi connectivity index (χ2v) is 9.18. The van der Waals surface area contributed by atoms with Crippen LogP contribution in [0.4, 0.5) is 0 Å². The fourth-order valence-corrected chi connectivity index (χ4v) is 5.80. The highest BCUT2D eigenvalue weighted by Crippen LogP contribution is 2.34. The van der Waals surface area contributed by atoms with Crippen LogP contribution in [-0.2, 0) is 22.8 Å². The van der Waals surface area contributed by atoms with Crippen molar-refractivity contribution >= 4 is 27.2 Å². The standard InChI is InChI=1S/C18H20N4O2S2/c1-12-14-11-21(2)10-9-15(14)19-17-16(18(25-3)20-22(12)17)26(23,24)13-7-5-4-6-8-13/h4-8H,9-11H2,1-3H3. The van der Waals surface area contributed by atoms with Gasteiger partial charge in [0.15, 0.2) is 10.5 Å². The molecule has 136 valence electrons. The van der Waals surface area contributed by atoms with E-state index >= 15 is 0 Å². The minimum atomic E-state index is -3.70. The van der Waals surface area contributed by atoms with Gasteiger partial charge >= 0.3 is 0 Å². The molecule has 1 aromatic carbocycles. The van der Waals surface area contributed by atoms with Gasteiger partial charge in [0.05, 0.1) is 10.6 Å². The number of thioether (sulfide) groups is 1. The number of hydrogen-bond acceptors (Lipinski definition) is 6. The number of aryl methyl sites for hydroxylation is 1. The van der Waals surface area contributed by atoms with Crippen molar-refractivity contribution in [3.63, 3.8) is 0 Å². The van der Waals surface area contributed by atoms with E-state index in [0.717, 1.165) is 36.5 Å². The largest absolute Gasteiger partial charge is 0.302 e. The highest BCUT2D eigenvalue weighted by molar-refractivity contribution is 7.99. The lowest BCUT2D eigenvalue weighted by molar-refractivity contribution is 0.307. The molecule has 1 aliphatic heterocycles. The molecular weight excluding hydrogens is 368 g/mol. The normalized spacial score (nSPS) is 15.3. The summed E-state index contributed by atoms with van der Waals surface area (Å²) in [6.45, 7) is 3.71. The third-order valence-corrected chi connectivity index (χ3v) is 7.41. The van der Waals surface area contributed by atoms with Crippen molar-refractivity contribution in [2.45, 2.75) is 34.7 Å². The maximum absolute atomic E-state index is 13.3. The Labute approximate surface area is 157 Å². The molecule has 1 aliphatic rings. The third-order valence-electron chi connectivity index (χ3n) is 4.81. The fraction of sp³-hybridized carbons (Fsp3) is 0.333. The van der Waals surface area contributed by atoms with Crippen LogP contribution >= 0.6 is 11.8 Å². The molecule has 2 aromatic heterocycles. The molecule has 0 saturated carbocycles. The first-order valence-electron chi connectivity index (χ1n) is 8.37. The molecule has 0 fully saturated rings. The molecule has 0 unspecified atom stereocenters. The number of aromatic nitrogens is 3. The molecule has 0 spiro atoms. The second kappa shape index (κ2) is 6.37. The maximum Gasteiger partial charge on any atom is 0.213 e. The Hall–Kier alpha value is -1.90. The van der Waals surface area contributed by atoms with E-state index < -0.39 is 9.84 Å². The van der Waals surface area contributed by atoms with E-state index in [-0.39, 0.29) is 9.79 Å². The number of likely N-dealkylation sites (N-methyl/N-ethyl adjacent to an activating group) is 1. The minimum Gasteiger partial charge on any atom is -0.302 e. The Morgan fingerprint density at radius 2 is 1.92 bits per heavy atom. The van der Waals surface area contributed by atoms with Crippen molar-refractivity contribution in [3.05, 3.63) is 47.3 Å². The molecule has 26 heavy (non-hydrogen) atoms. The van der Waals surface area contributed by atoms with Gasteiger partial charge in [-0.2, -0.15) is 5.10 Å². The van der Waals surface area contributed by atoms with Crippen LogP contribution in [0.2, 0.25) is 0 Å². The van der Waals surface area contributed by atoms with Crippen molar-refractivity contribution in [1.29, 1.82) is 0 Å². The van der Waals surface area contributed by atoms with Crippen molar-refractivity contribution in [1.82, 2.24) is 19.5 Å². The predicted molar refractivity (Wildman–Crippen MR) is 101 cm³/mol. The van der Waals surface area contributed by atoms with E-state index in [1.807, 2.05) is 13.2 Å². The SMILES string of the molecule is CSc1nn2c(C)c3c(nc2c1S(=O)(=O)c1ccccc1)CCN(C)C3. The lowest BCUT2D eigenvalue weighted by Gasteiger charge is -2.25. The van der Waals surface area contributed by atoms with Crippen molar-refractivity contribution in [3.8, 4) is 0 Å². The summed E-state index contributed by atoms with van der Waals surface area (Å²) >= 11 is 1.33. The van der Waals surface area contributed by atoms with Crippen LogP contribution in [0.1, 0.15) is 17.0 Å². The molecule has 0 atom stereocenters. The highest BCUT2D eigenvalue weighted by Gasteiger charge is 2.30. The average Bonchev–Trinajstić information content (AvgIpc) is 3.03. The number of benzene rings is 1. The van der Waals surface area contributed by atoms with Gasteiger partial charge in [-0.05, 0) is 32.4 Å². The topological polar surface area (TPSA) is 67.6 Å². The van der Waals surface area contributed by atoms with Gasteiger partial charge < -0.3 is 4.90 Å². The van der Waals surface area contributed by atoms with Crippen LogP contribution in [-0.4, -0.2) is 47.8 Å². The third kappa shape index (κ3) is 2.64. The van der Waals surface area contributed by atoms with Crippen molar-refractivity contribution in [2.75, 3.05) is 19.8 Å². The molecule has 0 radical (unpaired) electrons. The Morgan fingerprint density at radius 3 is 2.62 bits per heavy atom. The second-order valence-electron chi connectivity index (χ2n) is 6.50. The summed E-state index contributed by atoms with van der Waals surface area (Å²) in [6, 6.07) is 8.49. The Morgan fingerprint density at radius 1 is 1.19 bits per heavy atom. The van der Waals surface area contributed by atoms with E-state index in [1.165, 1.54) is 11.8 Å². The van der Waals surface area contributed by atoms with E-state index in [0.29, 0.717) is 10.7 Å². The zero-order valence-electron chi connectivity index (χ0n) is 14.9. The molecule has 0 amide bonds. The maximum atomic E-state index is 13.3. The van der Waals surface area contributed by atoms with Gasteiger partial charge in [0.25, 0.3) is 0 Å². The van der Waals surface area contributed by atoms with Gasteiger partial charge in [0.1, 0.15) is 5.03 Å². The average molecular weight is 389 g/mol. The lowest BCUT2D eigenvalue weighted by Crippen LogP contribution is -2.29. The van der Waals surface area contributed by atoms with E-state index in [4.69, 9.17) is 4.98 Å². The van der Waals surface area contributed by atoms with Crippen LogP contribution in [0.5, 0.6) is 0 Å². The predicted octanol–water partition coefficient (Wildman–Crippen LogP) is 2.58. The van der Waals surface area contributed by atoms with Gasteiger partial charge in [0, 0.05) is 30.8 Å². The number of sulfone groups is 1. The van der Waals surface area contributed by atoms with Gasteiger partial charge in [-0.15, -0.1) is 11.8 Å². The summed E-state index contributed by atoms with van der Waals surface area (Å²) in [7, 11) is -1.62. The Kier molecular flexibility index (Phi) is 4.29. The van der Waals surface area contributed by atoms with Gasteiger partial charge in [0.2, 0.25) is 9.84 Å². The molecule has 3 heterocycles. The molecule has 0 aliphatic carbocycles. The van der Waals surface area contributed by atoms with E-state index in [9.17, 15) is 8.42 Å². The highest BCUT2D eigenvalue weighted by atomic mass is 32.2. The Balaban J connectivity index is 2.03. The van der Waals surface area contributed by atoms with Crippen LogP contribution < -0.4 is 0 Å². The number of nitrogens with zero attached hydrogens (tertiary/aromatic N) is 4. The number of hydrogen-bond donors (Lipinski definition) is 0. The van der Waals surface area contributed by atoms with Crippen LogP contribution in [0, 0.1) is 6.92 Å². The Bertz CT molecular complexity index is 1090. The first kappa shape index (κ1) is 17.5. The fourth-order valence-electron chi connectivity index (χ4n) is 3.38. The van der Waals surface area contributed by atoms with E-state index in [1.54, 1.807) is 34.8 Å². The number of rotatable bonds is 3. The van der Waals surface area contributed by atoms with Gasteiger partial charge in [-0.3, -0.25) is 0 Å². The molecule has 8 heteroatoms. The number of fused-ring (bicyclic) bond motifs is 2. The summed E-state index contributed by atoms with van der Waals surface area (Å²) in [5.74, 6) is 0. The van der Waals surface area contributed by atoms with Gasteiger partial charge in [-0.1, -0.05) is 18.2 Å². The first-order valence-corrected chi connectivity index (χ1v) is 11.1. The minimum absolute atomic E-state index is 0.209. The summed E-state index contributed by atoms with van der Waals surface area (Å²) in [6.07, 6.45) is 2.66. The lowest BCUT2D eigenvalue weighted by atomic mass is 10.0. The van der Waals surface area contributed by atoms with Crippen molar-refractivity contribution in [2.24, 2.45) is 0 Å². The summed E-state index contributed by atoms with van der Waals surface area (Å²) in [5, 5.41) is 5.06. The molecule has 0 saturated heterocycles. The molecule has 3 aromatic rings. The van der Waals surface area contributed by atoms with Crippen LogP contribution in [0.3, 0.4) is 0 Å². The molecular formula is C18H20N4O2S2. The first-order chi connectivity index (χ1) is 12.4. The quantitative estimate of drug-likeness (QED) is 0.643. The van der Waals surface area contributed by atoms with Crippen LogP contribution in [0.15, 0.2) is 45.1 Å². The molecule has 0 N–H and O–H groups in total. The molecule has 6 nitrogen and oxygen atoms in total. The zero-order chi connectivity index (χ0) is 18.5. The molecule has 0 bridgehead atoms. The van der Waals surface area contributed by atoms with Gasteiger partial charge in [-0.25, -0.2) is 17.9 Å². The summed E-state index contributed by atoms with van der Waals surface area (Å²) < 4.78 is 28.3. The monoisotopic (exact) mass is 388 g/mol. The van der Waals surface area contributed by atoms with Crippen LogP contribution in [0.25, 0.3) is 5.65 Å². The molecule has 4 rings (SSSR count).